The van der Waals surface area contributed by atoms with E-state index in [9.17, 15) is 9.18 Å². The fourth-order valence-electron chi connectivity index (χ4n) is 7.48. The highest BCUT2D eigenvalue weighted by Gasteiger charge is 2.53. The molecular weight excluding hydrogens is 459 g/mol. The van der Waals surface area contributed by atoms with Crippen LogP contribution in [0.1, 0.15) is 44.1 Å². The first-order valence-electron chi connectivity index (χ1n) is 13.8. The molecule has 0 spiro atoms. The van der Waals surface area contributed by atoms with E-state index in [1.807, 2.05) is 13.2 Å². The van der Waals surface area contributed by atoms with E-state index in [0.29, 0.717) is 5.92 Å². The molecule has 2 N–H and O–H groups in total. The van der Waals surface area contributed by atoms with Crippen molar-refractivity contribution in [3.8, 4) is 0 Å². The molecule has 8 heteroatoms. The fraction of sp³-hybridized carbons (Fsp3) is 0.750. The van der Waals surface area contributed by atoms with Gasteiger partial charge in [0.1, 0.15) is 11.4 Å². The van der Waals surface area contributed by atoms with E-state index in [1.54, 1.807) is 12.1 Å². The van der Waals surface area contributed by atoms with Crippen LogP contribution in [0.25, 0.3) is 0 Å². The summed E-state index contributed by atoms with van der Waals surface area (Å²) in [6, 6.07) is 7.38. The van der Waals surface area contributed by atoms with Crippen molar-refractivity contribution in [2.45, 2.75) is 55.6 Å². The molecule has 200 valence electrons. The van der Waals surface area contributed by atoms with Crippen molar-refractivity contribution < 1.29 is 18.7 Å². The molecular formula is C28H43FN4O3. The number of methoxy groups -OCH3 is 2. The molecule has 1 aromatic carbocycles. The minimum absolute atomic E-state index is 0.0397. The van der Waals surface area contributed by atoms with Crippen LogP contribution in [0, 0.1) is 17.7 Å². The standard InChI is InChI=1S/C28H43FN4O3/c1-35-26(34)31-25-9-4-8-24(25)28(20-32-12-5-13-32,22-6-3-7-23(29)16-22)21-10-14-33(15-11-21)19-27(36-2)17-30-18-27/h3,6-7,16,21,24-25,30H,4-5,8-15,17-20H2,1-2H3,(H,31,34)/t24-,25-,28?/m0/s1. The molecule has 3 aliphatic heterocycles. The summed E-state index contributed by atoms with van der Waals surface area (Å²) in [4.78, 5) is 17.4. The van der Waals surface area contributed by atoms with Crippen LogP contribution in [0.3, 0.4) is 0 Å². The van der Waals surface area contributed by atoms with Crippen molar-refractivity contribution >= 4 is 6.09 Å². The third-order valence-corrected chi connectivity index (χ3v) is 9.62. The second-order valence-electron chi connectivity index (χ2n) is 11.5. The highest BCUT2D eigenvalue weighted by molar-refractivity contribution is 5.67. The first-order chi connectivity index (χ1) is 17.5. The van der Waals surface area contributed by atoms with Crippen LogP contribution in [0.2, 0.25) is 0 Å². The quantitative estimate of drug-likeness (QED) is 0.541. The lowest BCUT2D eigenvalue weighted by Crippen LogP contribution is -2.66. The van der Waals surface area contributed by atoms with Crippen molar-refractivity contribution in [3.63, 3.8) is 0 Å². The lowest BCUT2D eigenvalue weighted by molar-refractivity contribution is -0.0798. The predicted octanol–water partition coefficient (Wildman–Crippen LogP) is 2.99. The first kappa shape index (κ1) is 25.9. The van der Waals surface area contributed by atoms with Crippen molar-refractivity contribution in [2.24, 2.45) is 11.8 Å². The summed E-state index contributed by atoms with van der Waals surface area (Å²) in [6.45, 7) is 7.95. The molecule has 4 aliphatic rings. The van der Waals surface area contributed by atoms with Crippen LogP contribution in [-0.2, 0) is 14.9 Å². The van der Waals surface area contributed by atoms with Crippen LogP contribution in [0.5, 0.6) is 0 Å². The molecule has 0 aromatic heterocycles. The van der Waals surface area contributed by atoms with Gasteiger partial charge in [-0.05, 0) is 87.8 Å². The number of ether oxygens (including phenoxy) is 2. The number of carbonyl (C=O) groups excluding carboxylic acids is 1. The smallest absolute Gasteiger partial charge is 0.407 e. The van der Waals surface area contributed by atoms with Gasteiger partial charge in [-0.25, -0.2) is 9.18 Å². The minimum Gasteiger partial charge on any atom is -0.453 e. The number of nitrogens with zero attached hydrogens (tertiary/aromatic N) is 2. The molecule has 1 saturated carbocycles. The molecule has 0 radical (unpaired) electrons. The maximum atomic E-state index is 14.7. The van der Waals surface area contributed by atoms with Crippen molar-refractivity contribution in [1.82, 2.24) is 20.4 Å². The van der Waals surface area contributed by atoms with Gasteiger partial charge in [-0.3, -0.25) is 0 Å². The molecule has 5 rings (SSSR count). The monoisotopic (exact) mass is 502 g/mol. The Morgan fingerprint density at radius 2 is 1.89 bits per heavy atom. The molecule has 1 amide bonds. The van der Waals surface area contributed by atoms with Crippen LogP contribution in [0.4, 0.5) is 9.18 Å². The van der Waals surface area contributed by atoms with E-state index in [2.05, 4.69) is 26.5 Å². The summed E-state index contributed by atoms with van der Waals surface area (Å²) in [6.07, 6.45) is 6.05. The van der Waals surface area contributed by atoms with E-state index in [1.165, 1.54) is 13.5 Å². The number of alkyl carbamates (subject to hydrolysis) is 1. The van der Waals surface area contributed by atoms with Crippen LogP contribution in [-0.4, -0.2) is 94.1 Å². The third kappa shape index (κ3) is 5.02. The number of rotatable bonds is 9. The number of nitrogens with one attached hydrogen (secondary N) is 2. The van der Waals surface area contributed by atoms with Crippen LogP contribution >= 0.6 is 0 Å². The molecule has 3 atom stereocenters. The lowest BCUT2D eigenvalue weighted by atomic mass is 9.57. The zero-order valence-corrected chi connectivity index (χ0v) is 21.9. The molecule has 3 saturated heterocycles. The lowest BCUT2D eigenvalue weighted by Gasteiger charge is -2.54. The number of hydrogen-bond acceptors (Lipinski definition) is 6. The van der Waals surface area contributed by atoms with Gasteiger partial charge in [-0.2, -0.15) is 0 Å². The highest BCUT2D eigenvalue weighted by Crippen LogP contribution is 2.51. The van der Waals surface area contributed by atoms with Gasteiger partial charge < -0.3 is 29.9 Å². The van der Waals surface area contributed by atoms with Crippen molar-refractivity contribution in [3.05, 3.63) is 35.6 Å². The largest absolute Gasteiger partial charge is 0.453 e. The van der Waals surface area contributed by atoms with E-state index in [0.717, 1.165) is 90.0 Å². The van der Waals surface area contributed by atoms with Gasteiger partial charge in [-0.15, -0.1) is 0 Å². The number of piperidine rings is 1. The minimum atomic E-state index is -0.363. The third-order valence-electron chi connectivity index (χ3n) is 9.62. The van der Waals surface area contributed by atoms with Crippen molar-refractivity contribution in [1.29, 1.82) is 0 Å². The topological polar surface area (TPSA) is 66.1 Å². The van der Waals surface area contributed by atoms with E-state index in [4.69, 9.17) is 9.47 Å². The summed E-state index contributed by atoms with van der Waals surface area (Å²) >= 11 is 0. The molecule has 36 heavy (non-hydrogen) atoms. The molecule has 1 aromatic rings. The Bertz CT molecular complexity index is 895. The van der Waals surface area contributed by atoms with Gasteiger partial charge in [0.15, 0.2) is 0 Å². The highest BCUT2D eigenvalue weighted by atomic mass is 19.1. The second kappa shape index (κ2) is 10.9. The van der Waals surface area contributed by atoms with E-state index in [-0.39, 0.29) is 34.9 Å². The molecule has 0 bridgehead atoms. The first-order valence-corrected chi connectivity index (χ1v) is 13.8. The molecule has 4 fully saturated rings. The SMILES string of the molecule is COC(=O)N[C@H]1CCC[C@@H]1C(CN1CCC1)(c1cccc(F)c1)C1CCN(CC2(OC)CNC2)CC1. The zero-order chi connectivity index (χ0) is 25.2. The number of likely N-dealkylation sites (tertiary alicyclic amines) is 2. The Labute approximate surface area is 215 Å². The molecule has 3 heterocycles. The Morgan fingerprint density at radius 1 is 1.11 bits per heavy atom. The van der Waals surface area contributed by atoms with Gasteiger partial charge in [-0.1, -0.05) is 18.6 Å². The Balaban J connectivity index is 1.45. The number of halogens is 1. The van der Waals surface area contributed by atoms with E-state index >= 15 is 0 Å². The molecule has 7 nitrogen and oxygen atoms in total. The maximum Gasteiger partial charge on any atom is 0.407 e. The fourth-order valence-corrected chi connectivity index (χ4v) is 7.48. The number of carbonyl (C=O) groups is 1. The summed E-state index contributed by atoms with van der Waals surface area (Å²) < 4.78 is 25.6. The Kier molecular flexibility index (Phi) is 7.86. The van der Waals surface area contributed by atoms with Gasteiger partial charge in [0.25, 0.3) is 0 Å². The number of benzene rings is 1. The predicted molar refractivity (Wildman–Crippen MR) is 138 cm³/mol. The van der Waals surface area contributed by atoms with Gasteiger partial charge >= 0.3 is 6.09 Å². The van der Waals surface area contributed by atoms with E-state index < -0.39 is 0 Å². The number of amides is 1. The summed E-state index contributed by atoms with van der Waals surface area (Å²) in [7, 11) is 3.25. The summed E-state index contributed by atoms with van der Waals surface area (Å²) in [5.74, 6) is 0.490. The Morgan fingerprint density at radius 3 is 2.47 bits per heavy atom. The average Bonchev–Trinajstić information content (AvgIpc) is 3.30. The second-order valence-corrected chi connectivity index (χ2v) is 11.5. The zero-order valence-electron chi connectivity index (χ0n) is 21.9. The molecule has 1 aliphatic carbocycles. The summed E-state index contributed by atoms with van der Waals surface area (Å²) in [5.41, 5.74) is 0.826. The van der Waals surface area contributed by atoms with Crippen LogP contribution in [0.15, 0.2) is 24.3 Å². The van der Waals surface area contributed by atoms with Gasteiger partial charge in [0.05, 0.1) is 7.11 Å². The maximum absolute atomic E-state index is 14.7. The van der Waals surface area contributed by atoms with Crippen LogP contribution < -0.4 is 10.6 Å². The van der Waals surface area contributed by atoms with Gasteiger partial charge in [0, 0.05) is 44.7 Å². The average molecular weight is 503 g/mol. The van der Waals surface area contributed by atoms with Gasteiger partial charge in [0.2, 0.25) is 0 Å². The normalized spacial score (nSPS) is 28.6. The molecule has 1 unspecified atom stereocenters. The summed E-state index contributed by atoms with van der Waals surface area (Å²) in [5, 5.41) is 6.53. The Hall–Kier alpha value is -1.74. The van der Waals surface area contributed by atoms with Crippen molar-refractivity contribution in [2.75, 3.05) is 66.6 Å². The number of hydrogen-bond donors (Lipinski definition) is 2.